The normalized spacial score (nSPS) is 11.5. The number of sulfonamides is 1. The Hall–Kier alpha value is -3.58. The number of rotatable bonds is 6. The van der Waals surface area contributed by atoms with Crippen LogP contribution in [0.1, 0.15) is 16.7 Å². The molecule has 0 fully saturated rings. The van der Waals surface area contributed by atoms with Gasteiger partial charge in [-0.2, -0.15) is 0 Å². The van der Waals surface area contributed by atoms with E-state index in [9.17, 15) is 13.2 Å². The van der Waals surface area contributed by atoms with E-state index in [0.717, 1.165) is 16.5 Å². The fraction of sp³-hybridized carbons (Fsp3) is 0.160. The van der Waals surface area contributed by atoms with Crippen molar-refractivity contribution in [2.45, 2.75) is 25.3 Å². The van der Waals surface area contributed by atoms with Crippen LogP contribution >= 0.6 is 0 Å². The highest BCUT2D eigenvalue weighted by Gasteiger charge is 2.28. The van der Waals surface area contributed by atoms with Gasteiger partial charge < -0.3 is 9.72 Å². The molecule has 0 spiro atoms. The van der Waals surface area contributed by atoms with E-state index in [2.05, 4.69) is 4.98 Å². The largest absolute Gasteiger partial charge is 0.495 e. The highest BCUT2D eigenvalue weighted by molar-refractivity contribution is 7.92. The number of nitrogens with zero attached hydrogens (tertiary/aromatic N) is 1. The minimum atomic E-state index is -3.98. The Morgan fingerprint density at radius 3 is 2.31 bits per heavy atom. The summed E-state index contributed by atoms with van der Waals surface area (Å²) in [5.41, 5.74) is 3.06. The van der Waals surface area contributed by atoms with Crippen molar-refractivity contribution < 1.29 is 13.2 Å². The molecule has 3 aromatic carbocycles. The van der Waals surface area contributed by atoms with E-state index in [1.54, 1.807) is 54.6 Å². The number of aryl methyl sites for hydroxylation is 2. The van der Waals surface area contributed by atoms with E-state index in [-0.39, 0.29) is 17.0 Å². The lowest BCUT2D eigenvalue weighted by Crippen LogP contribution is -2.33. The fourth-order valence-electron chi connectivity index (χ4n) is 3.61. The zero-order valence-electron chi connectivity index (χ0n) is 18.1. The maximum atomic E-state index is 13.7. The van der Waals surface area contributed by atoms with Crippen molar-refractivity contribution in [3.05, 3.63) is 99.8 Å². The lowest BCUT2D eigenvalue weighted by Gasteiger charge is -2.26. The van der Waals surface area contributed by atoms with Crippen LogP contribution in [0.4, 0.5) is 5.69 Å². The van der Waals surface area contributed by atoms with Gasteiger partial charge in [-0.25, -0.2) is 8.42 Å². The second-order valence-corrected chi connectivity index (χ2v) is 9.57. The van der Waals surface area contributed by atoms with Gasteiger partial charge in [0.05, 0.1) is 24.2 Å². The molecule has 0 aliphatic carbocycles. The molecule has 4 aromatic rings. The number of pyridine rings is 1. The summed E-state index contributed by atoms with van der Waals surface area (Å²) in [6.45, 7) is 3.70. The number of hydrogen-bond acceptors (Lipinski definition) is 4. The number of aromatic nitrogens is 1. The first-order valence-electron chi connectivity index (χ1n) is 10.1. The summed E-state index contributed by atoms with van der Waals surface area (Å²) in [4.78, 5) is 15.9. The number of fused-ring (bicyclic) bond motifs is 1. The van der Waals surface area contributed by atoms with Crippen molar-refractivity contribution >= 4 is 26.6 Å². The Balaban J connectivity index is 1.88. The lowest BCUT2D eigenvalue weighted by molar-refractivity contribution is 0.415. The Kier molecular flexibility index (Phi) is 5.76. The third kappa shape index (κ3) is 4.11. The zero-order chi connectivity index (χ0) is 22.9. The fourth-order valence-corrected chi connectivity index (χ4v) is 5.06. The molecular weight excluding hydrogens is 424 g/mol. The first-order valence-corrected chi connectivity index (χ1v) is 11.6. The highest BCUT2D eigenvalue weighted by atomic mass is 32.2. The van der Waals surface area contributed by atoms with Gasteiger partial charge in [-0.3, -0.25) is 9.10 Å². The van der Waals surface area contributed by atoms with Crippen LogP contribution in [0.25, 0.3) is 10.9 Å². The predicted octanol–water partition coefficient (Wildman–Crippen LogP) is 4.55. The zero-order valence-corrected chi connectivity index (χ0v) is 18.9. The average Bonchev–Trinajstić information content (AvgIpc) is 2.78. The van der Waals surface area contributed by atoms with Crippen LogP contribution in [0.5, 0.6) is 5.75 Å². The summed E-state index contributed by atoms with van der Waals surface area (Å²) in [6, 6.07) is 21.0. The summed E-state index contributed by atoms with van der Waals surface area (Å²) in [5, 5.41) is 0.831. The number of hydrogen-bond donors (Lipinski definition) is 1. The van der Waals surface area contributed by atoms with Gasteiger partial charge in [-0.05, 0) is 61.2 Å². The predicted molar refractivity (Wildman–Crippen MR) is 127 cm³/mol. The van der Waals surface area contributed by atoms with Gasteiger partial charge in [-0.1, -0.05) is 42.0 Å². The Labute approximate surface area is 187 Å². The number of aromatic amines is 1. The van der Waals surface area contributed by atoms with Gasteiger partial charge >= 0.3 is 0 Å². The lowest BCUT2D eigenvalue weighted by atomic mass is 10.1. The Bertz CT molecular complexity index is 1440. The minimum absolute atomic E-state index is 0.141. The Morgan fingerprint density at radius 2 is 1.59 bits per heavy atom. The van der Waals surface area contributed by atoms with Crippen LogP contribution in [0.15, 0.2) is 82.5 Å². The number of para-hydroxylation sites is 2. The molecule has 4 rings (SSSR count). The van der Waals surface area contributed by atoms with Gasteiger partial charge in [0.25, 0.3) is 15.6 Å². The van der Waals surface area contributed by atoms with Crippen molar-refractivity contribution in [3.8, 4) is 5.75 Å². The van der Waals surface area contributed by atoms with Crippen molar-refractivity contribution in [2.75, 3.05) is 11.4 Å². The molecule has 6 nitrogen and oxygen atoms in total. The summed E-state index contributed by atoms with van der Waals surface area (Å²) >= 11 is 0. The molecule has 0 unspecified atom stereocenters. The molecule has 1 aromatic heterocycles. The first kappa shape index (κ1) is 21.6. The topological polar surface area (TPSA) is 79.5 Å². The summed E-state index contributed by atoms with van der Waals surface area (Å²) in [5.74, 6) is 0.399. The summed E-state index contributed by atoms with van der Waals surface area (Å²) < 4.78 is 34.0. The molecule has 0 bridgehead atoms. The van der Waals surface area contributed by atoms with Gasteiger partial charge in [0.15, 0.2) is 0 Å². The second kappa shape index (κ2) is 8.51. The quantitative estimate of drug-likeness (QED) is 0.469. The van der Waals surface area contributed by atoms with Gasteiger partial charge in [0, 0.05) is 11.1 Å². The molecule has 0 radical (unpaired) electrons. The molecular formula is C25H24N2O4S. The number of ether oxygens (including phenoxy) is 1. The van der Waals surface area contributed by atoms with Crippen LogP contribution in [0, 0.1) is 13.8 Å². The molecule has 32 heavy (non-hydrogen) atoms. The molecule has 0 atom stereocenters. The molecule has 0 aliphatic heterocycles. The molecule has 0 saturated carbocycles. The maximum Gasteiger partial charge on any atom is 0.264 e. The van der Waals surface area contributed by atoms with Crippen LogP contribution in [-0.4, -0.2) is 20.5 Å². The third-order valence-electron chi connectivity index (χ3n) is 5.36. The van der Waals surface area contributed by atoms with Crippen LogP contribution < -0.4 is 14.6 Å². The molecule has 7 heteroatoms. The number of anilines is 1. The SMILES string of the molecule is COc1ccccc1N(Cc1cc2ccc(C)cc2[nH]c1=O)S(=O)(=O)c1ccc(C)cc1. The van der Waals surface area contributed by atoms with Crippen molar-refractivity contribution in [3.63, 3.8) is 0 Å². The standard InChI is InChI=1S/C25H24N2O4S/c1-17-9-12-21(13-10-17)32(29,30)27(23-6-4-5-7-24(23)31-3)16-20-15-19-11-8-18(2)14-22(19)26-25(20)28/h4-15H,16H2,1-3H3,(H,26,28). The third-order valence-corrected chi connectivity index (χ3v) is 7.13. The highest BCUT2D eigenvalue weighted by Crippen LogP contribution is 2.33. The van der Waals surface area contributed by atoms with Gasteiger partial charge in [0.2, 0.25) is 0 Å². The molecule has 164 valence electrons. The van der Waals surface area contributed by atoms with E-state index in [1.807, 2.05) is 32.0 Å². The number of benzene rings is 3. The van der Waals surface area contributed by atoms with E-state index in [4.69, 9.17) is 4.74 Å². The van der Waals surface area contributed by atoms with Crippen molar-refractivity contribution in [1.29, 1.82) is 0 Å². The number of methoxy groups -OCH3 is 1. The molecule has 0 saturated heterocycles. The van der Waals surface area contributed by atoms with Crippen molar-refractivity contribution in [1.82, 2.24) is 4.98 Å². The second-order valence-electron chi connectivity index (χ2n) is 7.71. The van der Waals surface area contributed by atoms with E-state index in [0.29, 0.717) is 22.5 Å². The van der Waals surface area contributed by atoms with Crippen LogP contribution in [0.2, 0.25) is 0 Å². The Morgan fingerprint density at radius 1 is 0.906 bits per heavy atom. The van der Waals surface area contributed by atoms with E-state index >= 15 is 0 Å². The molecule has 0 amide bonds. The van der Waals surface area contributed by atoms with Crippen molar-refractivity contribution in [2.24, 2.45) is 0 Å². The summed E-state index contributed by atoms with van der Waals surface area (Å²) in [7, 11) is -2.49. The first-order chi connectivity index (χ1) is 15.3. The van der Waals surface area contributed by atoms with Crippen LogP contribution in [0.3, 0.4) is 0 Å². The minimum Gasteiger partial charge on any atom is -0.495 e. The van der Waals surface area contributed by atoms with Gasteiger partial charge in [0.1, 0.15) is 5.75 Å². The average molecular weight is 449 g/mol. The smallest absolute Gasteiger partial charge is 0.264 e. The molecule has 1 N–H and O–H groups in total. The van der Waals surface area contributed by atoms with Crippen LogP contribution in [-0.2, 0) is 16.6 Å². The maximum absolute atomic E-state index is 13.7. The van der Waals surface area contributed by atoms with E-state index in [1.165, 1.54) is 11.4 Å². The number of nitrogens with one attached hydrogen (secondary N) is 1. The van der Waals surface area contributed by atoms with Gasteiger partial charge in [-0.15, -0.1) is 0 Å². The van der Waals surface area contributed by atoms with E-state index < -0.39 is 10.0 Å². The molecule has 0 aliphatic rings. The monoisotopic (exact) mass is 448 g/mol. The summed E-state index contributed by atoms with van der Waals surface area (Å²) in [6.07, 6.45) is 0. The molecule has 1 heterocycles. The number of H-pyrrole nitrogens is 1.